The molecule has 2 aliphatic rings. The maximum Gasteiger partial charge on any atom is 0.244 e. The van der Waals surface area contributed by atoms with Crippen LogP contribution in [0.2, 0.25) is 10.0 Å². The number of aromatic nitrogens is 4. The number of piperazine rings is 1. The van der Waals surface area contributed by atoms with Gasteiger partial charge in [0.1, 0.15) is 17.6 Å². The van der Waals surface area contributed by atoms with Gasteiger partial charge in [-0.1, -0.05) is 35.3 Å². The van der Waals surface area contributed by atoms with Crippen LogP contribution in [0.15, 0.2) is 55.2 Å². The minimum atomic E-state index is -0.458. The van der Waals surface area contributed by atoms with Gasteiger partial charge in [0, 0.05) is 75.3 Å². The van der Waals surface area contributed by atoms with Gasteiger partial charge in [-0.3, -0.25) is 19.2 Å². The van der Waals surface area contributed by atoms with Gasteiger partial charge in [-0.05, 0) is 31.9 Å². The molecule has 4 aromatic rings. The third-order valence-electron chi connectivity index (χ3n) is 7.50. The Kier molecular flexibility index (Phi) is 7.18. The van der Waals surface area contributed by atoms with E-state index in [1.165, 1.54) is 18.5 Å². The number of hydrogen-bond acceptors (Lipinski definition) is 7. The van der Waals surface area contributed by atoms with Crippen LogP contribution in [0, 0.1) is 0 Å². The Hall–Kier alpha value is -3.56. The number of rotatable bonds is 6. The highest BCUT2D eigenvalue weighted by atomic mass is 35.5. The molecule has 202 valence electrons. The summed E-state index contributed by atoms with van der Waals surface area (Å²) in [6, 6.07) is 8.06. The summed E-state index contributed by atoms with van der Waals surface area (Å²) in [5.74, 6) is 0.803. The van der Waals surface area contributed by atoms with E-state index in [0.29, 0.717) is 36.2 Å². The van der Waals surface area contributed by atoms with Gasteiger partial charge in [0.15, 0.2) is 5.65 Å². The zero-order valence-electron chi connectivity index (χ0n) is 21.7. The Balaban J connectivity index is 1.19. The van der Waals surface area contributed by atoms with Crippen LogP contribution in [0.3, 0.4) is 0 Å². The molecule has 0 saturated carbocycles. The van der Waals surface area contributed by atoms with Crippen LogP contribution < -0.4 is 15.1 Å². The van der Waals surface area contributed by atoms with Crippen molar-refractivity contribution in [3.63, 3.8) is 0 Å². The highest BCUT2D eigenvalue weighted by molar-refractivity contribution is 6.38. The van der Waals surface area contributed by atoms with Crippen LogP contribution in [0.1, 0.15) is 19.8 Å². The molecule has 3 aromatic heterocycles. The van der Waals surface area contributed by atoms with E-state index in [1.807, 2.05) is 22.4 Å². The number of amides is 1. The minimum Gasteiger partial charge on any atom is -0.372 e. The van der Waals surface area contributed by atoms with Crippen molar-refractivity contribution in [2.75, 3.05) is 54.4 Å². The van der Waals surface area contributed by atoms with Crippen molar-refractivity contribution in [1.29, 1.82) is 0 Å². The van der Waals surface area contributed by atoms with Gasteiger partial charge in [-0.2, -0.15) is 0 Å². The number of carbonyl (C=O) groups excluding carboxylic acids is 1. The number of pyridine rings is 1. The molecule has 0 bridgehead atoms. The number of hydrogen-bond donors (Lipinski definition) is 1. The van der Waals surface area contributed by atoms with Gasteiger partial charge in [-0.25, -0.2) is 4.98 Å². The first-order valence-electron chi connectivity index (χ1n) is 13.3. The molecule has 1 N–H and O–H groups in total. The summed E-state index contributed by atoms with van der Waals surface area (Å²) in [5, 5.41) is 4.50. The Labute approximate surface area is 237 Å². The number of imidazole rings is 1. The van der Waals surface area contributed by atoms with Crippen molar-refractivity contribution in [3.8, 4) is 11.3 Å². The van der Waals surface area contributed by atoms with Gasteiger partial charge in [-0.15, -0.1) is 0 Å². The van der Waals surface area contributed by atoms with E-state index >= 15 is 0 Å². The molecule has 1 aromatic carbocycles. The molecule has 1 atom stereocenters. The van der Waals surface area contributed by atoms with Crippen molar-refractivity contribution >= 4 is 51.9 Å². The topological polar surface area (TPSA) is 81.9 Å². The quantitative estimate of drug-likeness (QED) is 0.358. The molecule has 0 aliphatic carbocycles. The fourth-order valence-electron chi connectivity index (χ4n) is 5.45. The highest BCUT2D eigenvalue weighted by Crippen LogP contribution is 2.34. The third-order valence-corrected chi connectivity index (χ3v) is 8.05. The molecule has 0 spiro atoms. The number of halogens is 2. The predicted octanol–water partition coefficient (Wildman–Crippen LogP) is 4.85. The molecule has 9 nitrogen and oxygen atoms in total. The van der Waals surface area contributed by atoms with E-state index in [0.717, 1.165) is 41.5 Å². The average Bonchev–Trinajstić information content (AvgIpc) is 3.62. The summed E-state index contributed by atoms with van der Waals surface area (Å²) in [6.07, 6.45) is 11.0. The first-order chi connectivity index (χ1) is 19.0. The molecule has 2 saturated heterocycles. The molecular weight excluding hydrogens is 535 g/mol. The Morgan fingerprint density at radius 1 is 0.897 bits per heavy atom. The van der Waals surface area contributed by atoms with Crippen molar-refractivity contribution in [2.45, 2.75) is 25.8 Å². The van der Waals surface area contributed by atoms with Gasteiger partial charge in [0.25, 0.3) is 0 Å². The van der Waals surface area contributed by atoms with Crippen LogP contribution in [-0.4, -0.2) is 75.5 Å². The Morgan fingerprint density at radius 3 is 2.28 bits per heavy atom. The van der Waals surface area contributed by atoms with Crippen molar-refractivity contribution in [3.05, 3.63) is 65.3 Å². The number of carbonyl (C=O) groups is 1. The molecule has 39 heavy (non-hydrogen) atoms. The molecule has 2 fully saturated rings. The van der Waals surface area contributed by atoms with Crippen LogP contribution in [-0.2, 0) is 4.79 Å². The van der Waals surface area contributed by atoms with E-state index in [4.69, 9.17) is 28.2 Å². The zero-order chi connectivity index (χ0) is 26.9. The second kappa shape index (κ2) is 10.9. The molecule has 1 amide bonds. The highest BCUT2D eigenvalue weighted by Gasteiger charge is 2.28. The first-order valence-corrected chi connectivity index (χ1v) is 14.0. The summed E-state index contributed by atoms with van der Waals surface area (Å²) in [6.45, 7) is 6.51. The standard InChI is InChI=1S/C28H30Cl2N8O/c1-19(28(39)37-14-12-36(13-15-37)26-22(29)16-32-17-23(26)30)33-27-25(34-24-18-31-8-11-38(24)27)20-4-6-21(7-5-20)35-9-2-3-10-35/h4-8,11,16-19,33H,2-3,9-10,12-15H2,1H3. The van der Waals surface area contributed by atoms with Gasteiger partial charge in [0.05, 0.1) is 21.9 Å². The summed E-state index contributed by atoms with van der Waals surface area (Å²) in [7, 11) is 0. The van der Waals surface area contributed by atoms with E-state index < -0.39 is 6.04 Å². The number of nitrogens with zero attached hydrogens (tertiary/aromatic N) is 7. The summed E-state index contributed by atoms with van der Waals surface area (Å²) in [4.78, 5) is 33.0. The van der Waals surface area contributed by atoms with E-state index in [2.05, 4.69) is 49.4 Å². The molecule has 1 unspecified atom stereocenters. The van der Waals surface area contributed by atoms with Crippen LogP contribution in [0.5, 0.6) is 0 Å². The van der Waals surface area contributed by atoms with Crippen molar-refractivity contribution in [1.82, 2.24) is 24.3 Å². The molecule has 5 heterocycles. The second-order valence-corrected chi connectivity index (χ2v) is 10.8. The maximum atomic E-state index is 13.5. The summed E-state index contributed by atoms with van der Waals surface area (Å²) in [5.41, 5.74) is 4.50. The second-order valence-electron chi connectivity index (χ2n) is 9.98. The minimum absolute atomic E-state index is 0.0286. The zero-order valence-corrected chi connectivity index (χ0v) is 23.2. The summed E-state index contributed by atoms with van der Waals surface area (Å²) < 4.78 is 1.95. The normalized spacial score (nSPS) is 16.6. The van der Waals surface area contributed by atoms with Crippen molar-refractivity contribution < 1.29 is 4.79 Å². The lowest BCUT2D eigenvalue weighted by Crippen LogP contribution is -2.52. The number of anilines is 3. The lowest BCUT2D eigenvalue weighted by molar-refractivity contribution is -0.131. The average molecular weight is 566 g/mol. The van der Waals surface area contributed by atoms with Crippen molar-refractivity contribution in [2.24, 2.45) is 0 Å². The molecule has 2 aliphatic heterocycles. The monoisotopic (exact) mass is 564 g/mol. The smallest absolute Gasteiger partial charge is 0.244 e. The van der Waals surface area contributed by atoms with E-state index in [1.54, 1.807) is 24.8 Å². The maximum absolute atomic E-state index is 13.5. The SMILES string of the molecule is CC(Nc1c(-c2ccc(N3CCCC3)cc2)nc2cnccn12)C(=O)N1CCN(c2c(Cl)cncc2Cl)CC1. The molecule has 6 rings (SSSR count). The third kappa shape index (κ3) is 5.08. The molecule has 11 heteroatoms. The molecule has 0 radical (unpaired) electrons. The van der Waals surface area contributed by atoms with Crippen LogP contribution >= 0.6 is 23.2 Å². The lowest BCUT2D eigenvalue weighted by Gasteiger charge is -2.37. The Morgan fingerprint density at radius 2 is 1.59 bits per heavy atom. The van der Waals surface area contributed by atoms with Crippen LogP contribution in [0.4, 0.5) is 17.2 Å². The van der Waals surface area contributed by atoms with Gasteiger partial charge >= 0.3 is 0 Å². The van der Waals surface area contributed by atoms with Crippen LogP contribution in [0.25, 0.3) is 16.9 Å². The number of benzene rings is 1. The fraction of sp³-hybridized carbons (Fsp3) is 0.357. The molecular formula is C28H30Cl2N8O. The first kappa shape index (κ1) is 25.7. The Bertz CT molecular complexity index is 1460. The van der Waals surface area contributed by atoms with Gasteiger partial charge in [0.2, 0.25) is 5.91 Å². The van der Waals surface area contributed by atoms with E-state index in [-0.39, 0.29) is 5.91 Å². The van der Waals surface area contributed by atoms with Gasteiger partial charge < -0.3 is 20.0 Å². The predicted molar refractivity (Wildman–Crippen MR) is 156 cm³/mol. The fourth-order valence-corrected chi connectivity index (χ4v) is 6.05. The number of nitrogens with one attached hydrogen (secondary N) is 1. The number of fused-ring (bicyclic) bond motifs is 1. The lowest BCUT2D eigenvalue weighted by atomic mass is 10.1. The largest absolute Gasteiger partial charge is 0.372 e. The van der Waals surface area contributed by atoms with E-state index in [9.17, 15) is 4.79 Å². The summed E-state index contributed by atoms with van der Waals surface area (Å²) >= 11 is 12.7.